The molecule has 148 valence electrons. The Morgan fingerprint density at radius 3 is 2.72 bits per heavy atom. The van der Waals surface area contributed by atoms with Crippen LogP contribution in [0.1, 0.15) is 12.8 Å². The number of benzene rings is 2. The van der Waals surface area contributed by atoms with Crippen molar-refractivity contribution in [3.05, 3.63) is 66.9 Å². The van der Waals surface area contributed by atoms with Gasteiger partial charge in [0.2, 0.25) is 5.91 Å². The average molecular weight is 388 g/mol. The molecule has 0 aliphatic carbocycles. The van der Waals surface area contributed by atoms with Crippen molar-refractivity contribution in [2.75, 3.05) is 30.4 Å². The third-order valence-corrected chi connectivity index (χ3v) is 5.24. The number of ether oxygens (including phenoxy) is 1. The second-order valence-corrected chi connectivity index (χ2v) is 7.14. The van der Waals surface area contributed by atoms with Crippen LogP contribution >= 0.6 is 0 Å². The Morgan fingerprint density at radius 2 is 1.97 bits per heavy atom. The first-order valence-electron chi connectivity index (χ1n) is 9.81. The van der Waals surface area contributed by atoms with Gasteiger partial charge < -0.3 is 15.0 Å². The number of anilines is 2. The van der Waals surface area contributed by atoms with Gasteiger partial charge >= 0.3 is 0 Å². The van der Waals surface area contributed by atoms with E-state index in [0.29, 0.717) is 18.0 Å². The molecule has 0 bridgehead atoms. The van der Waals surface area contributed by atoms with Gasteiger partial charge in [-0.25, -0.2) is 0 Å². The van der Waals surface area contributed by atoms with Crippen LogP contribution in [-0.2, 0) is 4.79 Å². The van der Waals surface area contributed by atoms with Gasteiger partial charge in [-0.2, -0.15) is 5.10 Å². The number of carbonyl (C=O) groups excluding carboxylic acids is 1. The Morgan fingerprint density at radius 1 is 1.10 bits per heavy atom. The molecule has 6 nitrogen and oxygen atoms in total. The molecule has 3 aromatic rings. The van der Waals surface area contributed by atoms with Crippen LogP contribution in [0.3, 0.4) is 0 Å². The highest BCUT2D eigenvalue weighted by Gasteiger charge is 2.27. The molecule has 4 rings (SSSR count). The minimum atomic E-state index is -0.115. The maximum atomic E-state index is 13.0. The maximum absolute atomic E-state index is 13.0. The van der Waals surface area contributed by atoms with Crippen LogP contribution in [0.5, 0.6) is 5.75 Å². The molecule has 2 heterocycles. The normalized spacial score (nSPS) is 16.3. The zero-order valence-electron chi connectivity index (χ0n) is 16.4. The molecule has 1 aromatic heterocycles. The lowest BCUT2D eigenvalue weighted by atomic mass is 9.96. The summed E-state index contributed by atoms with van der Waals surface area (Å²) in [6.07, 6.45) is 3.45. The Labute approximate surface area is 170 Å². The van der Waals surface area contributed by atoms with Gasteiger partial charge in [-0.05, 0) is 48.2 Å². The van der Waals surface area contributed by atoms with Crippen LogP contribution in [0.4, 0.5) is 11.5 Å². The standard InChI is InChI=1S/C23H24N4O2/c1-29-21-12-11-18(17-7-3-2-4-8-17)15-20(21)25-23(28)19-9-6-14-27(16-19)22-10-5-13-24-26-22/h2-5,7-8,10-13,15,19H,6,9,14,16H2,1H3,(H,25,28). The zero-order valence-corrected chi connectivity index (χ0v) is 16.4. The van der Waals surface area contributed by atoms with E-state index in [9.17, 15) is 4.79 Å². The lowest BCUT2D eigenvalue weighted by molar-refractivity contribution is -0.120. The third-order valence-electron chi connectivity index (χ3n) is 5.24. The van der Waals surface area contributed by atoms with Crippen LogP contribution in [0.15, 0.2) is 66.9 Å². The Kier molecular flexibility index (Phi) is 5.70. The highest BCUT2D eigenvalue weighted by molar-refractivity contribution is 5.95. The molecule has 0 radical (unpaired) electrons. The Balaban J connectivity index is 1.51. The molecule has 1 aliphatic rings. The van der Waals surface area contributed by atoms with Gasteiger partial charge in [-0.1, -0.05) is 36.4 Å². The lowest BCUT2D eigenvalue weighted by Gasteiger charge is -2.32. The first-order valence-corrected chi connectivity index (χ1v) is 9.81. The summed E-state index contributed by atoms with van der Waals surface area (Å²) in [4.78, 5) is 15.2. The number of nitrogens with zero attached hydrogens (tertiary/aromatic N) is 3. The van der Waals surface area contributed by atoms with Crippen molar-refractivity contribution < 1.29 is 9.53 Å². The predicted octanol–water partition coefficient (Wildman–Crippen LogP) is 4.01. The van der Waals surface area contributed by atoms with E-state index in [1.54, 1.807) is 13.3 Å². The molecule has 1 N–H and O–H groups in total. The van der Waals surface area contributed by atoms with Gasteiger partial charge in [-0.3, -0.25) is 4.79 Å². The summed E-state index contributed by atoms with van der Waals surface area (Å²) in [5, 5.41) is 11.2. The topological polar surface area (TPSA) is 67.3 Å². The number of hydrogen-bond donors (Lipinski definition) is 1. The number of piperidine rings is 1. The fourth-order valence-electron chi connectivity index (χ4n) is 3.71. The van der Waals surface area contributed by atoms with Crippen LogP contribution in [0.25, 0.3) is 11.1 Å². The Hall–Kier alpha value is -3.41. The average Bonchev–Trinajstić information content (AvgIpc) is 2.80. The molecule has 1 unspecified atom stereocenters. The van der Waals surface area contributed by atoms with Crippen molar-refractivity contribution in [1.29, 1.82) is 0 Å². The summed E-state index contributed by atoms with van der Waals surface area (Å²) < 4.78 is 5.47. The van der Waals surface area contributed by atoms with Gasteiger partial charge in [0.15, 0.2) is 5.82 Å². The van der Waals surface area contributed by atoms with Gasteiger partial charge in [0.1, 0.15) is 5.75 Å². The molecule has 6 heteroatoms. The predicted molar refractivity (Wildman–Crippen MR) is 114 cm³/mol. The number of amides is 1. The minimum absolute atomic E-state index is 0.00195. The highest BCUT2D eigenvalue weighted by atomic mass is 16.5. The fraction of sp³-hybridized carbons (Fsp3) is 0.261. The maximum Gasteiger partial charge on any atom is 0.229 e. The van der Waals surface area contributed by atoms with Crippen LogP contribution < -0.4 is 15.0 Å². The zero-order chi connectivity index (χ0) is 20.1. The van der Waals surface area contributed by atoms with Crippen LogP contribution in [-0.4, -0.2) is 36.3 Å². The van der Waals surface area contributed by atoms with Crippen molar-refractivity contribution in [2.24, 2.45) is 5.92 Å². The first-order chi connectivity index (χ1) is 14.2. The number of rotatable bonds is 5. The third kappa shape index (κ3) is 4.37. The SMILES string of the molecule is COc1ccc(-c2ccccc2)cc1NC(=O)C1CCCN(c2cccnn2)C1. The molecule has 1 fully saturated rings. The first kappa shape index (κ1) is 18.9. The van der Waals surface area contributed by atoms with Crippen LogP contribution in [0, 0.1) is 5.92 Å². The van der Waals surface area contributed by atoms with Gasteiger partial charge in [0.25, 0.3) is 0 Å². The van der Waals surface area contributed by atoms with E-state index in [4.69, 9.17) is 4.74 Å². The van der Waals surface area contributed by atoms with Gasteiger partial charge in [0.05, 0.1) is 18.7 Å². The van der Waals surface area contributed by atoms with E-state index in [2.05, 4.69) is 20.4 Å². The summed E-state index contributed by atoms with van der Waals surface area (Å²) in [5.41, 5.74) is 2.82. The number of carbonyl (C=O) groups is 1. The van der Waals surface area contributed by atoms with E-state index in [1.165, 1.54) is 0 Å². The molecule has 29 heavy (non-hydrogen) atoms. The number of aromatic nitrogens is 2. The highest BCUT2D eigenvalue weighted by Crippen LogP contribution is 2.31. The smallest absolute Gasteiger partial charge is 0.229 e. The Bertz CT molecular complexity index is 963. The molecule has 1 aliphatic heterocycles. The molecule has 2 aromatic carbocycles. The molecular formula is C23H24N4O2. The summed E-state index contributed by atoms with van der Waals surface area (Å²) in [5.74, 6) is 1.35. The summed E-state index contributed by atoms with van der Waals surface area (Å²) in [7, 11) is 1.61. The number of nitrogens with one attached hydrogen (secondary N) is 1. The van der Waals surface area contributed by atoms with Crippen molar-refractivity contribution in [3.8, 4) is 16.9 Å². The summed E-state index contributed by atoms with van der Waals surface area (Å²) >= 11 is 0. The molecule has 0 spiro atoms. The minimum Gasteiger partial charge on any atom is -0.495 e. The summed E-state index contributed by atoms with van der Waals surface area (Å²) in [6, 6.07) is 19.7. The molecule has 1 atom stereocenters. The van der Waals surface area contributed by atoms with Gasteiger partial charge in [-0.15, -0.1) is 5.10 Å². The van der Waals surface area contributed by atoms with Crippen molar-refractivity contribution in [3.63, 3.8) is 0 Å². The fourth-order valence-corrected chi connectivity index (χ4v) is 3.71. The molecule has 1 amide bonds. The van der Waals surface area contributed by atoms with E-state index in [0.717, 1.165) is 36.3 Å². The molecule has 1 saturated heterocycles. The monoisotopic (exact) mass is 388 g/mol. The van der Waals surface area contributed by atoms with E-state index < -0.39 is 0 Å². The van der Waals surface area contributed by atoms with E-state index in [-0.39, 0.29) is 11.8 Å². The molecular weight excluding hydrogens is 364 g/mol. The number of hydrogen-bond acceptors (Lipinski definition) is 5. The van der Waals surface area contributed by atoms with E-state index >= 15 is 0 Å². The number of methoxy groups -OCH3 is 1. The largest absolute Gasteiger partial charge is 0.495 e. The second-order valence-electron chi connectivity index (χ2n) is 7.14. The summed E-state index contributed by atoms with van der Waals surface area (Å²) in [6.45, 7) is 1.51. The second kappa shape index (κ2) is 8.73. The van der Waals surface area contributed by atoms with Crippen molar-refractivity contribution in [2.45, 2.75) is 12.8 Å². The van der Waals surface area contributed by atoms with Crippen LogP contribution in [0.2, 0.25) is 0 Å². The van der Waals surface area contributed by atoms with Gasteiger partial charge in [0, 0.05) is 19.3 Å². The van der Waals surface area contributed by atoms with Crippen molar-refractivity contribution in [1.82, 2.24) is 10.2 Å². The lowest BCUT2D eigenvalue weighted by Crippen LogP contribution is -2.41. The van der Waals surface area contributed by atoms with E-state index in [1.807, 2.05) is 60.7 Å². The molecule has 0 saturated carbocycles. The van der Waals surface area contributed by atoms with Crippen molar-refractivity contribution >= 4 is 17.4 Å². The quantitative estimate of drug-likeness (QED) is 0.715.